The van der Waals surface area contributed by atoms with Crippen LogP contribution in [0.5, 0.6) is 0 Å². The van der Waals surface area contributed by atoms with Gasteiger partial charge in [-0.25, -0.2) is 4.39 Å². The number of hydrogen-bond donors (Lipinski definition) is 1. The zero-order chi connectivity index (χ0) is 18.8. The summed E-state index contributed by atoms with van der Waals surface area (Å²) in [7, 11) is 0. The van der Waals surface area contributed by atoms with Gasteiger partial charge in [-0.05, 0) is 24.3 Å². The molecule has 1 aliphatic heterocycles. The highest BCUT2D eigenvalue weighted by Crippen LogP contribution is 2.28. The van der Waals surface area contributed by atoms with Gasteiger partial charge < -0.3 is 10.2 Å². The van der Waals surface area contributed by atoms with Gasteiger partial charge in [0.15, 0.2) is 0 Å². The molecular formula is C17H13F2N3O4. The van der Waals surface area contributed by atoms with Crippen LogP contribution >= 0.6 is 0 Å². The van der Waals surface area contributed by atoms with E-state index in [1.165, 1.54) is 29.2 Å². The van der Waals surface area contributed by atoms with E-state index in [1.54, 1.807) is 6.07 Å². The Kier molecular flexibility index (Phi) is 4.61. The second kappa shape index (κ2) is 6.87. The number of rotatable bonds is 4. The first-order valence-electron chi connectivity index (χ1n) is 7.66. The van der Waals surface area contributed by atoms with Crippen LogP contribution in [0.3, 0.4) is 0 Å². The van der Waals surface area contributed by atoms with Crippen molar-refractivity contribution in [2.45, 2.75) is 6.42 Å². The maximum Gasteiger partial charge on any atom is 0.306 e. The van der Waals surface area contributed by atoms with E-state index < -0.39 is 40.0 Å². The molecule has 134 valence electrons. The average Bonchev–Trinajstić information content (AvgIpc) is 2.98. The summed E-state index contributed by atoms with van der Waals surface area (Å²) in [5.41, 5.74) is -0.636. The molecule has 26 heavy (non-hydrogen) atoms. The van der Waals surface area contributed by atoms with Crippen molar-refractivity contribution in [3.63, 3.8) is 0 Å². The summed E-state index contributed by atoms with van der Waals surface area (Å²) in [6, 6.07) is 8.69. The van der Waals surface area contributed by atoms with Gasteiger partial charge in [-0.15, -0.1) is 0 Å². The van der Waals surface area contributed by atoms with Gasteiger partial charge in [0.2, 0.25) is 17.6 Å². The van der Waals surface area contributed by atoms with Crippen molar-refractivity contribution in [1.82, 2.24) is 0 Å². The monoisotopic (exact) mass is 361 g/mol. The molecule has 0 spiro atoms. The van der Waals surface area contributed by atoms with E-state index in [0.717, 1.165) is 12.1 Å². The van der Waals surface area contributed by atoms with E-state index in [2.05, 4.69) is 5.32 Å². The van der Waals surface area contributed by atoms with Crippen LogP contribution in [0.2, 0.25) is 0 Å². The largest absolute Gasteiger partial charge is 0.326 e. The van der Waals surface area contributed by atoms with Gasteiger partial charge in [0.05, 0.1) is 16.5 Å². The summed E-state index contributed by atoms with van der Waals surface area (Å²) in [6.07, 6.45) is -0.122. The Bertz CT molecular complexity index is 903. The number of carbonyl (C=O) groups is 2. The van der Waals surface area contributed by atoms with Gasteiger partial charge in [-0.1, -0.05) is 12.1 Å². The maximum absolute atomic E-state index is 13.9. The summed E-state index contributed by atoms with van der Waals surface area (Å²) in [6.45, 7) is -0.0190. The number of benzene rings is 2. The molecule has 1 heterocycles. The van der Waals surface area contributed by atoms with E-state index >= 15 is 0 Å². The van der Waals surface area contributed by atoms with Gasteiger partial charge >= 0.3 is 5.69 Å². The molecule has 0 unspecified atom stereocenters. The first-order valence-corrected chi connectivity index (χ1v) is 7.66. The van der Waals surface area contributed by atoms with Gasteiger partial charge in [0.1, 0.15) is 5.82 Å². The van der Waals surface area contributed by atoms with E-state index in [-0.39, 0.29) is 24.3 Å². The van der Waals surface area contributed by atoms with E-state index in [0.29, 0.717) is 0 Å². The number of nitrogens with zero attached hydrogens (tertiary/aromatic N) is 2. The second-order valence-electron chi connectivity index (χ2n) is 5.77. The minimum atomic E-state index is -1.02. The molecule has 0 aliphatic carbocycles. The zero-order valence-corrected chi connectivity index (χ0v) is 13.3. The first-order chi connectivity index (χ1) is 12.4. The Morgan fingerprint density at radius 1 is 1.19 bits per heavy atom. The van der Waals surface area contributed by atoms with Crippen LogP contribution in [-0.4, -0.2) is 23.3 Å². The lowest BCUT2D eigenvalue weighted by Gasteiger charge is -2.17. The fourth-order valence-corrected chi connectivity index (χ4v) is 2.76. The van der Waals surface area contributed by atoms with E-state index in [9.17, 15) is 28.5 Å². The Morgan fingerprint density at radius 3 is 2.62 bits per heavy atom. The predicted octanol–water partition coefficient (Wildman–Crippen LogP) is 2.86. The fourth-order valence-electron chi connectivity index (χ4n) is 2.76. The topological polar surface area (TPSA) is 92.5 Å². The number of carbonyl (C=O) groups excluding carboxylic acids is 2. The molecular weight excluding hydrogens is 348 g/mol. The fraction of sp³-hybridized carbons (Fsp3) is 0.176. The standard InChI is InChI=1S/C17H13F2N3O4/c18-12-3-1-2-4-14(12)21-9-10(7-16(21)23)17(24)20-11-5-6-13(19)15(8-11)22(25)26/h1-6,8,10H,7,9H2,(H,20,24)/t10-/m0/s1. The van der Waals surface area contributed by atoms with Crippen LogP contribution in [0.4, 0.5) is 25.8 Å². The molecule has 1 saturated heterocycles. The lowest BCUT2D eigenvalue weighted by atomic mass is 10.1. The zero-order valence-electron chi connectivity index (χ0n) is 13.3. The molecule has 9 heteroatoms. The molecule has 0 aromatic heterocycles. The minimum Gasteiger partial charge on any atom is -0.326 e. The third-order valence-electron chi connectivity index (χ3n) is 4.05. The summed E-state index contributed by atoms with van der Waals surface area (Å²) in [5, 5.41) is 13.2. The highest BCUT2D eigenvalue weighted by atomic mass is 19.1. The van der Waals surface area contributed by atoms with Crippen molar-refractivity contribution >= 4 is 28.9 Å². The lowest BCUT2D eigenvalue weighted by Crippen LogP contribution is -2.28. The number of halogens is 2. The van der Waals surface area contributed by atoms with Crippen LogP contribution in [-0.2, 0) is 9.59 Å². The molecule has 0 bridgehead atoms. The number of nitro benzene ring substituents is 1. The molecule has 3 rings (SSSR count). The van der Waals surface area contributed by atoms with Gasteiger partial charge in [-0.2, -0.15) is 4.39 Å². The molecule has 1 atom stereocenters. The van der Waals surface area contributed by atoms with Crippen LogP contribution < -0.4 is 10.2 Å². The van der Waals surface area contributed by atoms with Gasteiger partial charge in [0, 0.05) is 24.7 Å². The highest BCUT2D eigenvalue weighted by Gasteiger charge is 2.36. The quantitative estimate of drug-likeness (QED) is 0.669. The molecule has 1 N–H and O–H groups in total. The first kappa shape index (κ1) is 17.5. The highest BCUT2D eigenvalue weighted by molar-refractivity contribution is 6.03. The number of nitro groups is 1. The third-order valence-corrected chi connectivity index (χ3v) is 4.05. The average molecular weight is 361 g/mol. The predicted molar refractivity (Wildman–Crippen MR) is 88.5 cm³/mol. The molecule has 7 nitrogen and oxygen atoms in total. The molecule has 2 amide bonds. The van der Waals surface area contributed by atoms with E-state index in [4.69, 9.17) is 0 Å². The van der Waals surface area contributed by atoms with Crippen LogP contribution in [0.15, 0.2) is 42.5 Å². The second-order valence-corrected chi connectivity index (χ2v) is 5.77. The SMILES string of the molecule is O=C(Nc1ccc(F)c([N+](=O)[O-])c1)[C@H]1CC(=O)N(c2ccccc2F)C1. The number of hydrogen-bond acceptors (Lipinski definition) is 4. The summed E-state index contributed by atoms with van der Waals surface area (Å²) in [4.78, 5) is 35.5. The van der Waals surface area contributed by atoms with Crippen molar-refractivity contribution in [3.05, 3.63) is 64.2 Å². The maximum atomic E-state index is 13.9. The normalized spacial score (nSPS) is 16.6. The van der Waals surface area contributed by atoms with Crippen LogP contribution in [0.25, 0.3) is 0 Å². The summed E-state index contributed by atoms with van der Waals surface area (Å²) >= 11 is 0. The molecule has 2 aromatic carbocycles. The Balaban J connectivity index is 1.74. The Morgan fingerprint density at radius 2 is 1.92 bits per heavy atom. The lowest BCUT2D eigenvalue weighted by molar-refractivity contribution is -0.387. The number of para-hydroxylation sites is 1. The van der Waals surface area contributed by atoms with Gasteiger partial charge in [-0.3, -0.25) is 19.7 Å². The van der Waals surface area contributed by atoms with Gasteiger partial charge in [0.25, 0.3) is 0 Å². The molecule has 0 saturated carbocycles. The molecule has 0 radical (unpaired) electrons. The molecule has 1 fully saturated rings. The Labute approximate surface area is 146 Å². The summed E-state index contributed by atoms with van der Waals surface area (Å²) in [5.74, 6) is -3.31. The molecule has 1 aliphatic rings. The smallest absolute Gasteiger partial charge is 0.306 e. The van der Waals surface area contributed by atoms with Crippen molar-refractivity contribution < 1.29 is 23.3 Å². The van der Waals surface area contributed by atoms with Crippen molar-refractivity contribution in [1.29, 1.82) is 0 Å². The number of amides is 2. The number of anilines is 2. The third kappa shape index (κ3) is 3.37. The Hall–Kier alpha value is -3.36. The van der Waals surface area contributed by atoms with E-state index in [1.807, 2.05) is 0 Å². The minimum absolute atomic E-state index is 0.0190. The number of nitrogens with one attached hydrogen (secondary N) is 1. The van der Waals surface area contributed by atoms with Crippen LogP contribution in [0, 0.1) is 27.7 Å². The van der Waals surface area contributed by atoms with Crippen molar-refractivity contribution in [3.8, 4) is 0 Å². The van der Waals surface area contributed by atoms with Crippen molar-refractivity contribution in [2.24, 2.45) is 5.92 Å². The molecule has 2 aromatic rings. The van der Waals surface area contributed by atoms with Crippen LogP contribution in [0.1, 0.15) is 6.42 Å². The van der Waals surface area contributed by atoms with Crippen molar-refractivity contribution in [2.75, 3.05) is 16.8 Å². The summed E-state index contributed by atoms with van der Waals surface area (Å²) < 4.78 is 27.2.